The number of carbonyl (C=O) groups excluding carboxylic acids is 3. The van der Waals surface area contributed by atoms with Crippen molar-refractivity contribution in [2.45, 2.75) is 72.8 Å². The molecule has 1 aliphatic carbocycles. The fourth-order valence-electron chi connectivity index (χ4n) is 6.25. The Morgan fingerprint density at radius 2 is 1.62 bits per heavy atom. The van der Waals surface area contributed by atoms with Crippen LogP contribution in [0.3, 0.4) is 0 Å². The third kappa shape index (κ3) is 7.77. The van der Waals surface area contributed by atoms with Gasteiger partial charge in [0.25, 0.3) is 0 Å². The Morgan fingerprint density at radius 1 is 1.04 bits per heavy atom. The molecular formula is C33H37F6N5O5S. The number of hydrogen-bond acceptors (Lipinski definition) is 8. The van der Waals surface area contributed by atoms with Crippen molar-refractivity contribution >= 4 is 50.9 Å². The van der Waals surface area contributed by atoms with Crippen molar-refractivity contribution in [3.05, 3.63) is 40.7 Å². The predicted molar refractivity (Wildman–Crippen MR) is 173 cm³/mol. The number of anilines is 1. The molecule has 0 bridgehead atoms. The monoisotopic (exact) mass is 729 g/mol. The van der Waals surface area contributed by atoms with Gasteiger partial charge in [-0.25, -0.2) is 9.78 Å². The fourth-order valence-corrected chi connectivity index (χ4v) is 7.38. The number of aliphatic carboxylic acids is 1. The predicted octanol–water partition coefficient (Wildman–Crippen LogP) is 6.68. The lowest BCUT2D eigenvalue weighted by Gasteiger charge is -2.24. The van der Waals surface area contributed by atoms with Crippen molar-refractivity contribution in [1.82, 2.24) is 20.2 Å². The Bertz CT molecular complexity index is 1760. The molecule has 0 aromatic carbocycles. The summed E-state index contributed by atoms with van der Waals surface area (Å²) in [7, 11) is 0. The Kier molecular flexibility index (Phi) is 11.3. The van der Waals surface area contributed by atoms with Crippen LogP contribution in [0.15, 0.2) is 24.4 Å². The molecular weight excluding hydrogens is 692 g/mol. The highest BCUT2D eigenvalue weighted by atomic mass is 32.1. The number of likely N-dealkylation sites (tertiary alicyclic amines) is 1. The first kappa shape index (κ1) is 38.7. The smallest absolute Gasteiger partial charge is 0.475 e. The number of thiophene rings is 1. The number of alkyl halides is 6. The number of rotatable bonds is 6. The number of aromatic nitrogens is 2. The van der Waals surface area contributed by atoms with E-state index < -0.39 is 24.0 Å². The van der Waals surface area contributed by atoms with Gasteiger partial charge in [0.1, 0.15) is 5.69 Å². The maximum atomic E-state index is 14.0. The van der Waals surface area contributed by atoms with Crippen LogP contribution in [0.4, 0.5) is 32.0 Å². The molecule has 3 amide bonds. The lowest BCUT2D eigenvalue weighted by atomic mass is 9.96. The average Bonchev–Trinajstić information content (AvgIpc) is 3.28. The normalized spacial score (nSPS) is 20.0. The lowest BCUT2D eigenvalue weighted by Crippen LogP contribution is -2.35. The van der Waals surface area contributed by atoms with Gasteiger partial charge in [0.05, 0.1) is 40.0 Å². The molecule has 0 radical (unpaired) electrons. The van der Waals surface area contributed by atoms with Gasteiger partial charge in [-0.15, -0.1) is 11.3 Å². The molecule has 272 valence electrons. The minimum absolute atomic E-state index is 0.0882. The summed E-state index contributed by atoms with van der Waals surface area (Å²) in [6, 6.07) is 4.37. The van der Waals surface area contributed by atoms with Gasteiger partial charge in [0.15, 0.2) is 0 Å². The van der Waals surface area contributed by atoms with E-state index in [-0.39, 0.29) is 70.8 Å². The second-order valence-electron chi connectivity index (χ2n) is 12.4. The van der Waals surface area contributed by atoms with Crippen LogP contribution in [0.5, 0.6) is 0 Å². The number of nitrogens with one attached hydrogen (secondary N) is 2. The fraction of sp³-hybridized carbons (Fsp3) is 0.515. The number of carbonyl (C=O) groups is 4. The number of nitrogens with zero attached hydrogens (tertiary/aromatic N) is 3. The molecule has 17 heteroatoms. The van der Waals surface area contributed by atoms with Crippen molar-refractivity contribution < 1.29 is 50.6 Å². The van der Waals surface area contributed by atoms with Crippen LogP contribution in [-0.2, 0) is 38.3 Å². The first-order valence-corrected chi connectivity index (χ1v) is 16.8. The van der Waals surface area contributed by atoms with Crippen LogP contribution in [0.2, 0.25) is 0 Å². The van der Waals surface area contributed by atoms with Crippen molar-refractivity contribution in [2.75, 3.05) is 18.4 Å². The van der Waals surface area contributed by atoms with Gasteiger partial charge in [-0.3, -0.25) is 24.3 Å². The van der Waals surface area contributed by atoms with Crippen LogP contribution >= 0.6 is 11.3 Å². The number of amides is 3. The zero-order valence-corrected chi connectivity index (χ0v) is 28.7. The number of hydrogen-bond donors (Lipinski definition) is 3. The van der Waals surface area contributed by atoms with E-state index in [1.807, 2.05) is 27.7 Å². The molecule has 50 heavy (non-hydrogen) atoms. The lowest BCUT2D eigenvalue weighted by molar-refractivity contribution is -0.192. The quantitative estimate of drug-likeness (QED) is 0.189. The van der Waals surface area contributed by atoms with E-state index in [1.165, 1.54) is 22.4 Å². The molecule has 3 aromatic heterocycles. The van der Waals surface area contributed by atoms with Crippen molar-refractivity contribution in [3.8, 4) is 11.1 Å². The van der Waals surface area contributed by atoms with E-state index in [1.54, 1.807) is 19.1 Å². The van der Waals surface area contributed by atoms with Gasteiger partial charge in [0, 0.05) is 28.1 Å². The molecule has 3 aromatic rings. The van der Waals surface area contributed by atoms with E-state index >= 15 is 0 Å². The van der Waals surface area contributed by atoms with E-state index in [0.29, 0.717) is 46.6 Å². The molecule has 3 fully saturated rings. The van der Waals surface area contributed by atoms with Crippen LogP contribution in [0.25, 0.3) is 21.3 Å². The van der Waals surface area contributed by atoms with Crippen LogP contribution in [-0.4, -0.2) is 62.9 Å². The van der Waals surface area contributed by atoms with Crippen molar-refractivity contribution in [3.63, 3.8) is 0 Å². The number of fused-ring (bicyclic) bond motifs is 2. The highest BCUT2D eigenvalue weighted by Crippen LogP contribution is 2.63. The second-order valence-corrected chi connectivity index (χ2v) is 13.5. The molecule has 2 aliphatic heterocycles. The number of carboxylic acid groups (broad SMARTS) is 1. The third-order valence-corrected chi connectivity index (χ3v) is 10.0. The number of imide groups is 1. The summed E-state index contributed by atoms with van der Waals surface area (Å²) in [6.07, 6.45) is -6.81. The van der Waals surface area contributed by atoms with Gasteiger partial charge in [-0.1, -0.05) is 34.6 Å². The largest absolute Gasteiger partial charge is 0.490 e. The molecule has 2 saturated heterocycles. The summed E-state index contributed by atoms with van der Waals surface area (Å²) in [5.74, 6) is -4.22. The highest BCUT2D eigenvalue weighted by Gasteiger charge is 2.72. The third-order valence-electron chi connectivity index (χ3n) is 8.88. The van der Waals surface area contributed by atoms with E-state index in [0.717, 1.165) is 6.07 Å². The molecule has 5 heterocycles. The van der Waals surface area contributed by atoms with Gasteiger partial charge in [0.2, 0.25) is 17.7 Å². The molecule has 2 unspecified atom stereocenters. The average molecular weight is 730 g/mol. The van der Waals surface area contributed by atoms with Gasteiger partial charge >= 0.3 is 18.3 Å². The first-order valence-electron chi connectivity index (χ1n) is 16.0. The van der Waals surface area contributed by atoms with Crippen LogP contribution in [0, 0.1) is 23.2 Å². The molecule has 6 rings (SSSR count). The standard InChI is InChI=1S/C29H30F3N5O3S.C2HF3O2.C2H6/c1-4-18-23(36-25(38)14-5-8-33-9-6-14)17(12-20(35-18)29(30,31)32)16-7-10-34-19-11-15(41-24(16)19)13-37-26(39)21-22(27(37)40)28(21,2)3;3-2(4,5)1(6)7;1-2/h7,10-12,14,21-22,33H,4-6,8-9,13H2,1-3H3,(H,36,38);(H,6,7);1-2H3. The summed E-state index contributed by atoms with van der Waals surface area (Å²) in [4.78, 5) is 58.2. The number of aryl methyl sites for hydroxylation is 1. The molecule has 0 spiro atoms. The number of piperidine rings is 2. The molecule has 2 atom stereocenters. The number of carboxylic acids is 1. The first-order chi connectivity index (χ1) is 23.4. The summed E-state index contributed by atoms with van der Waals surface area (Å²) < 4.78 is 74.2. The van der Waals surface area contributed by atoms with Crippen LogP contribution < -0.4 is 10.6 Å². The zero-order valence-electron chi connectivity index (χ0n) is 27.9. The second kappa shape index (κ2) is 14.6. The minimum atomic E-state index is -5.08. The maximum Gasteiger partial charge on any atom is 0.490 e. The van der Waals surface area contributed by atoms with E-state index in [2.05, 4.69) is 20.6 Å². The van der Waals surface area contributed by atoms with Crippen LogP contribution in [0.1, 0.15) is 63.7 Å². The summed E-state index contributed by atoms with van der Waals surface area (Å²) in [5, 5.41) is 13.3. The Balaban J connectivity index is 0.000000559. The zero-order chi connectivity index (χ0) is 37.3. The van der Waals surface area contributed by atoms with E-state index in [4.69, 9.17) is 9.90 Å². The van der Waals surface area contributed by atoms with Gasteiger partial charge < -0.3 is 15.7 Å². The SMILES string of the molecule is CC.CCc1nc(C(F)(F)F)cc(-c2ccnc3cc(CN4C(=O)C5C(C4=O)C5(C)C)sc23)c1NC(=O)C1CCNCC1.O=C(O)C(F)(F)F. The van der Waals surface area contributed by atoms with E-state index in [9.17, 15) is 40.7 Å². The van der Waals surface area contributed by atoms with Gasteiger partial charge in [-0.2, -0.15) is 26.3 Å². The Hall–Kier alpha value is -4.12. The molecule has 10 nitrogen and oxygen atoms in total. The molecule has 1 saturated carbocycles. The summed E-state index contributed by atoms with van der Waals surface area (Å²) in [6.45, 7) is 11.0. The molecule has 3 aliphatic rings. The van der Waals surface area contributed by atoms with Crippen molar-refractivity contribution in [1.29, 1.82) is 0 Å². The summed E-state index contributed by atoms with van der Waals surface area (Å²) in [5.41, 5.74) is 0.268. The van der Waals surface area contributed by atoms with Gasteiger partial charge in [-0.05, 0) is 56.0 Å². The maximum absolute atomic E-state index is 14.0. The highest BCUT2D eigenvalue weighted by molar-refractivity contribution is 7.19. The number of pyridine rings is 2. The topological polar surface area (TPSA) is 142 Å². The van der Waals surface area contributed by atoms with Crippen molar-refractivity contribution in [2.24, 2.45) is 23.2 Å². The summed E-state index contributed by atoms with van der Waals surface area (Å²) >= 11 is 1.28. The Morgan fingerprint density at radius 3 is 2.14 bits per heavy atom. The number of halogens is 6. The Labute approximate surface area is 287 Å². The molecule has 3 N–H and O–H groups in total. The minimum Gasteiger partial charge on any atom is -0.475 e.